The average Bonchev–Trinajstić information content (AvgIpc) is 2.33. The summed E-state index contributed by atoms with van der Waals surface area (Å²) in [6, 6.07) is 2.02. The molecular weight excluding hydrogens is 291 g/mol. The summed E-state index contributed by atoms with van der Waals surface area (Å²) in [4.78, 5) is 1.28. The minimum absolute atomic E-state index is 0.127. The lowest BCUT2D eigenvalue weighted by Crippen LogP contribution is -2.15. The van der Waals surface area contributed by atoms with E-state index >= 15 is 0 Å². The third-order valence-corrected chi connectivity index (χ3v) is 5.06. The number of hydrogen-bond acceptors (Lipinski definition) is 1. The van der Waals surface area contributed by atoms with Gasteiger partial charge >= 0.3 is 0 Å². The fourth-order valence-corrected chi connectivity index (χ4v) is 3.34. The van der Waals surface area contributed by atoms with Crippen molar-refractivity contribution in [2.24, 2.45) is 0 Å². The van der Waals surface area contributed by atoms with E-state index in [9.17, 15) is 0 Å². The van der Waals surface area contributed by atoms with Gasteiger partial charge in [0.15, 0.2) is 0 Å². The lowest BCUT2D eigenvalue weighted by Gasteiger charge is -2.21. The molecule has 1 aromatic heterocycles. The van der Waals surface area contributed by atoms with Crippen LogP contribution >= 0.6 is 50.5 Å². The van der Waals surface area contributed by atoms with E-state index in [1.54, 1.807) is 11.3 Å². The van der Waals surface area contributed by atoms with Gasteiger partial charge in [-0.25, -0.2) is 0 Å². The summed E-state index contributed by atoms with van der Waals surface area (Å²) < 4.78 is 1.01. The van der Waals surface area contributed by atoms with Crippen molar-refractivity contribution < 1.29 is 0 Å². The zero-order valence-corrected chi connectivity index (χ0v) is 11.4. The van der Waals surface area contributed by atoms with E-state index in [0.717, 1.165) is 15.2 Å². The zero-order chi connectivity index (χ0) is 10.1. The standard InChI is InChI=1S/C9H11BrCl2S/c1-9(2,3-4-11)7-5-6(12)8(10)13-7/h5H,3-4H2,1-2H3. The summed E-state index contributed by atoms with van der Waals surface area (Å²) in [6.45, 7) is 4.37. The van der Waals surface area contributed by atoms with E-state index in [4.69, 9.17) is 23.2 Å². The molecule has 0 aliphatic carbocycles. The van der Waals surface area contributed by atoms with Crippen LogP contribution in [0.3, 0.4) is 0 Å². The van der Waals surface area contributed by atoms with Gasteiger partial charge in [-0.3, -0.25) is 0 Å². The van der Waals surface area contributed by atoms with Crippen molar-refractivity contribution in [2.75, 3.05) is 5.88 Å². The first-order valence-electron chi connectivity index (χ1n) is 3.98. The second kappa shape index (κ2) is 4.52. The Balaban J connectivity index is 2.93. The highest BCUT2D eigenvalue weighted by atomic mass is 79.9. The molecule has 1 heterocycles. The number of alkyl halides is 1. The minimum atomic E-state index is 0.127. The highest BCUT2D eigenvalue weighted by Crippen LogP contribution is 2.39. The fourth-order valence-electron chi connectivity index (χ4n) is 1.04. The molecular formula is C9H11BrCl2S. The molecule has 0 bridgehead atoms. The maximum Gasteiger partial charge on any atom is 0.0887 e. The van der Waals surface area contributed by atoms with Crippen molar-refractivity contribution >= 4 is 50.5 Å². The van der Waals surface area contributed by atoms with Gasteiger partial charge in [-0.15, -0.1) is 22.9 Å². The molecule has 13 heavy (non-hydrogen) atoms. The molecule has 1 rings (SSSR count). The van der Waals surface area contributed by atoms with Crippen LogP contribution < -0.4 is 0 Å². The van der Waals surface area contributed by atoms with E-state index in [0.29, 0.717) is 5.88 Å². The van der Waals surface area contributed by atoms with Crippen molar-refractivity contribution in [2.45, 2.75) is 25.7 Å². The van der Waals surface area contributed by atoms with Crippen LogP contribution in [0.4, 0.5) is 0 Å². The number of rotatable bonds is 3. The quantitative estimate of drug-likeness (QED) is 0.684. The average molecular weight is 302 g/mol. The Morgan fingerprint density at radius 2 is 2.15 bits per heavy atom. The van der Waals surface area contributed by atoms with Gasteiger partial charge in [-0.05, 0) is 28.4 Å². The summed E-state index contributed by atoms with van der Waals surface area (Å²) in [5, 5.41) is 0.794. The largest absolute Gasteiger partial charge is 0.131 e. The first-order chi connectivity index (χ1) is 5.97. The van der Waals surface area contributed by atoms with Crippen molar-refractivity contribution in [1.82, 2.24) is 0 Å². The first-order valence-corrected chi connectivity index (χ1v) is 6.51. The third-order valence-electron chi connectivity index (χ3n) is 2.03. The summed E-state index contributed by atoms with van der Waals surface area (Å²) in [5.41, 5.74) is 0.127. The number of halogens is 3. The first kappa shape index (κ1) is 11.8. The van der Waals surface area contributed by atoms with Crippen LogP contribution in [0.2, 0.25) is 5.02 Å². The van der Waals surface area contributed by atoms with Gasteiger partial charge in [-0.2, -0.15) is 0 Å². The molecule has 0 radical (unpaired) electrons. The smallest absolute Gasteiger partial charge is 0.0887 e. The van der Waals surface area contributed by atoms with Gasteiger partial charge in [0.05, 0.1) is 8.81 Å². The van der Waals surface area contributed by atoms with Gasteiger partial charge < -0.3 is 0 Å². The summed E-state index contributed by atoms with van der Waals surface area (Å²) in [5.74, 6) is 0.681. The van der Waals surface area contributed by atoms with Crippen molar-refractivity contribution in [1.29, 1.82) is 0 Å². The van der Waals surface area contributed by atoms with Crippen molar-refractivity contribution in [3.63, 3.8) is 0 Å². The van der Waals surface area contributed by atoms with Crippen molar-refractivity contribution in [3.8, 4) is 0 Å². The Hall–Kier alpha value is 0.760. The predicted molar refractivity (Wildman–Crippen MR) is 65.4 cm³/mol. The molecule has 0 N–H and O–H groups in total. The lowest BCUT2D eigenvalue weighted by atomic mass is 9.88. The minimum Gasteiger partial charge on any atom is -0.131 e. The Labute approximate surface area is 101 Å². The SMILES string of the molecule is CC(C)(CCCl)c1cc(Cl)c(Br)s1. The topological polar surface area (TPSA) is 0 Å². The zero-order valence-electron chi connectivity index (χ0n) is 7.53. The van der Waals surface area contributed by atoms with Crippen LogP contribution in [0.15, 0.2) is 9.85 Å². The number of hydrogen-bond donors (Lipinski definition) is 0. The summed E-state index contributed by atoms with van der Waals surface area (Å²) in [7, 11) is 0. The third kappa shape index (κ3) is 2.85. The second-order valence-corrected chi connectivity index (χ2v) is 6.71. The van der Waals surface area contributed by atoms with E-state index < -0.39 is 0 Å². The van der Waals surface area contributed by atoms with Crippen LogP contribution in [0.25, 0.3) is 0 Å². The summed E-state index contributed by atoms with van der Waals surface area (Å²) in [6.07, 6.45) is 0.970. The van der Waals surface area contributed by atoms with Gasteiger partial charge in [-0.1, -0.05) is 25.4 Å². The van der Waals surface area contributed by atoms with Crippen LogP contribution in [0, 0.1) is 0 Å². The monoisotopic (exact) mass is 300 g/mol. The van der Waals surface area contributed by atoms with E-state index in [1.165, 1.54) is 4.88 Å². The molecule has 4 heteroatoms. The van der Waals surface area contributed by atoms with Gasteiger partial charge in [0.25, 0.3) is 0 Å². The molecule has 1 aromatic rings. The van der Waals surface area contributed by atoms with Crippen LogP contribution in [0.5, 0.6) is 0 Å². The maximum atomic E-state index is 5.97. The fraction of sp³-hybridized carbons (Fsp3) is 0.556. The van der Waals surface area contributed by atoms with Gasteiger partial charge in [0.1, 0.15) is 0 Å². The molecule has 0 unspecified atom stereocenters. The van der Waals surface area contributed by atoms with Crippen molar-refractivity contribution in [3.05, 3.63) is 19.8 Å². The molecule has 0 nitrogen and oxygen atoms in total. The Morgan fingerprint density at radius 1 is 1.54 bits per heavy atom. The highest BCUT2D eigenvalue weighted by molar-refractivity contribution is 9.11. The van der Waals surface area contributed by atoms with Gasteiger partial charge in [0.2, 0.25) is 0 Å². The molecule has 0 saturated carbocycles. The molecule has 74 valence electrons. The van der Waals surface area contributed by atoms with E-state index in [-0.39, 0.29) is 5.41 Å². The Morgan fingerprint density at radius 3 is 2.54 bits per heavy atom. The lowest BCUT2D eigenvalue weighted by molar-refractivity contribution is 0.520. The highest BCUT2D eigenvalue weighted by Gasteiger charge is 2.23. The van der Waals surface area contributed by atoms with E-state index in [1.807, 2.05) is 6.07 Å². The molecule has 0 aliphatic heterocycles. The molecule has 0 fully saturated rings. The van der Waals surface area contributed by atoms with Crippen LogP contribution in [-0.2, 0) is 5.41 Å². The Bertz CT molecular complexity index is 274. The molecule has 0 spiro atoms. The van der Waals surface area contributed by atoms with Crippen LogP contribution in [0.1, 0.15) is 25.1 Å². The number of thiophene rings is 1. The molecule has 0 atom stereocenters. The van der Waals surface area contributed by atoms with E-state index in [2.05, 4.69) is 29.8 Å². The summed E-state index contributed by atoms with van der Waals surface area (Å²) >= 11 is 16.8. The molecule has 0 aliphatic rings. The molecule has 0 amide bonds. The maximum absolute atomic E-state index is 5.97. The predicted octanol–water partition coefficient (Wildman–Crippen LogP) is 5.07. The van der Waals surface area contributed by atoms with Gasteiger partial charge in [0, 0.05) is 16.2 Å². The normalized spacial score (nSPS) is 12.1. The Kier molecular flexibility index (Phi) is 4.11. The van der Waals surface area contributed by atoms with Crippen LogP contribution in [-0.4, -0.2) is 5.88 Å². The second-order valence-electron chi connectivity index (χ2n) is 3.56. The molecule has 0 aromatic carbocycles. The molecule has 0 saturated heterocycles.